The highest BCUT2D eigenvalue weighted by molar-refractivity contribution is 9.10. The van der Waals surface area contributed by atoms with Crippen molar-refractivity contribution >= 4 is 50.3 Å². The lowest BCUT2D eigenvalue weighted by Gasteiger charge is -2.31. The number of hydrogen-bond donors (Lipinski definition) is 2. The van der Waals surface area contributed by atoms with Gasteiger partial charge in [-0.15, -0.1) is 11.3 Å². The van der Waals surface area contributed by atoms with Crippen molar-refractivity contribution in [2.75, 3.05) is 5.32 Å². The molecule has 3 rings (SSSR count). The summed E-state index contributed by atoms with van der Waals surface area (Å²) < 4.78 is 1.11. The van der Waals surface area contributed by atoms with E-state index < -0.39 is 0 Å². The zero-order chi connectivity index (χ0) is 15.6. The quantitative estimate of drug-likeness (QED) is 0.664. The predicted octanol–water partition coefficient (Wildman–Crippen LogP) is 5.57. The minimum Gasteiger partial charge on any atom is -0.352 e. The highest BCUT2D eigenvalue weighted by Crippen LogP contribution is 2.40. The van der Waals surface area contributed by atoms with E-state index >= 15 is 0 Å². The SMILES string of the molecule is Cc1cc(NC(=S)NC2(c3cccs3)CCCC2)ccc1Br. The number of halogens is 1. The van der Waals surface area contributed by atoms with E-state index in [1.54, 1.807) is 0 Å². The summed E-state index contributed by atoms with van der Waals surface area (Å²) in [5, 5.41) is 9.77. The molecule has 1 aromatic carbocycles. The Morgan fingerprint density at radius 1 is 1.27 bits per heavy atom. The van der Waals surface area contributed by atoms with Crippen LogP contribution in [-0.2, 0) is 5.54 Å². The molecule has 1 heterocycles. The highest BCUT2D eigenvalue weighted by Gasteiger charge is 2.37. The van der Waals surface area contributed by atoms with Crippen LogP contribution in [0.15, 0.2) is 40.2 Å². The van der Waals surface area contributed by atoms with Crippen molar-refractivity contribution in [1.29, 1.82) is 0 Å². The molecule has 0 saturated heterocycles. The molecule has 2 nitrogen and oxygen atoms in total. The lowest BCUT2D eigenvalue weighted by Crippen LogP contribution is -2.45. The molecule has 0 spiro atoms. The summed E-state index contributed by atoms with van der Waals surface area (Å²) in [7, 11) is 0. The van der Waals surface area contributed by atoms with Gasteiger partial charge >= 0.3 is 0 Å². The molecule has 0 unspecified atom stereocenters. The molecule has 2 aromatic rings. The molecule has 0 amide bonds. The molecule has 0 atom stereocenters. The zero-order valence-corrected chi connectivity index (χ0v) is 15.7. The average molecular weight is 395 g/mol. The van der Waals surface area contributed by atoms with Gasteiger partial charge in [0.05, 0.1) is 5.54 Å². The standard InChI is InChI=1S/C17H19BrN2S2/c1-12-11-13(6-7-14(12)18)19-16(21)20-17(8-2-3-9-17)15-5-4-10-22-15/h4-7,10-11H,2-3,8-9H2,1H3,(H2,19,20,21). The summed E-state index contributed by atoms with van der Waals surface area (Å²) in [6.45, 7) is 2.08. The molecule has 1 fully saturated rings. The van der Waals surface area contributed by atoms with Crippen LogP contribution in [0.25, 0.3) is 0 Å². The van der Waals surface area contributed by atoms with Gasteiger partial charge in [0.2, 0.25) is 0 Å². The second-order valence-corrected chi connectivity index (χ2v) is 8.02. The number of hydrogen-bond acceptors (Lipinski definition) is 2. The predicted molar refractivity (Wildman–Crippen MR) is 103 cm³/mol. The molecule has 22 heavy (non-hydrogen) atoms. The Bertz CT molecular complexity index is 661. The second kappa shape index (κ2) is 6.69. The van der Waals surface area contributed by atoms with Gasteiger partial charge in [0.15, 0.2) is 5.11 Å². The van der Waals surface area contributed by atoms with Crippen LogP contribution < -0.4 is 10.6 Å². The van der Waals surface area contributed by atoms with Gasteiger partial charge in [-0.2, -0.15) is 0 Å². The van der Waals surface area contributed by atoms with Crippen molar-refractivity contribution in [3.8, 4) is 0 Å². The summed E-state index contributed by atoms with van der Waals surface area (Å²) in [6, 6.07) is 10.5. The van der Waals surface area contributed by atoms with Crippen LogP contribution in [0.5, 0.6) is 0 Å². The van der Waals surface area contributed by atoms with Gasteiger partial charge in [0.1, 0.15) is 0 Å². The summed E-state index contributed by atoms with van der Waals surface area (Å²) in [5.41, 5.74) is 2.24. The van der Waals surface area contributed by atoms with E-state index in [-0.39, 0.29) is 5.54 Å². The van der Waals surface area contributed by atoms with E-state index in [0.717, 1.165) is 23.0 Å². The monoisotopic (exact) mass is 394 g/mol. The first-order valence-electron chi connectivity index (χ1n) is 7.48. The molecular formula is C17H19BrN2S2. The molecule has 0 bridgehead atoms. The average Bonchev–Trinajstić information content (AvgIpc) is 3.14. The topological polar surface area (TPSA) is 24.1 Å². The molecular weight excluding hydrogens is 376 g/mol. The van der Waals surface area contributed by atoms with E-state index in [4.69, 9.17) is 12.2 Å². The Morgan fingerprint density at radius 3 is 2.68 bits per heavy atom. The fourth-order valence-electron chi connectivity index (χ4n) is 3.06. The Balaban J connectivity index is 1.73. The molecule has 116 valence electrons. The fraction of sp³-hybridized carbons (Fsp3) is 0.353. The van der Waals surface area contributed by atoms with Gasteiger partial charge in [0.25, 0.3) is 0 Å². The Labute approximate surface area is 149 Å². The first kappa shape index (κ1) is 16.0. The minimum absolute atomic E-state index is 0.0165. The summed E-state index contributed by atoms with van der Waals surface area (Å²) in [5.74, 6) is 0. The van der Waals surface area contributed by atoms with Gasteiger partial charge in [-0.3, -0.25) is 0 Å². The normalized spacial score (nSPS) is 16.5. The highest BCUT2D eigenvalue weighted by atomic mass is 79.9. The molecule has 1 saturated carbocycles. The van der Waals surface area contributed by atoms with Gasteiger partial charge in [-0.05, 0) is 67.2 Å². The first-order valence-corrected chi connectivity index (χ1v) is 9.56. The van der Waals surface area contributed by atoms with Crippen molar-refractivity contribution in [1.82, 2.24) is 5.32 Å². The van der Waals surface area contributed by atoms with E-state index in [1.807, 2.05) is 23.5 Å². The third-order valence-electron chi connectivity index (χ3n) is 4.22. The summed E-state index contributed by atoms with van der Waals surface area (Å²) in [4.78, 5) is 1.39. The Morgan fingerprint density at radius 2 is 2.05 bits per heavy atom. The number of benzene rings is 1. The molecule has 2 N–H and O–H groups in total. The summed E-state index contributed by atoms with van der Waals surface area (Å²) >= 11 is 10.9. The van der Waals surface area contributed by atoms with Gasteiger partial charge in [-0.25, -0.2) is 0 Å². The van der Waals surface area contributed by atoms with Crippen molar-refractivity contribution in [2.45, 2.75) is 38.1 Å². The number of aryl methyl sites for hydroxylation is 1. The molecule has 1 aromatic heterocycles. The molecule has 1 aliphatic rings. The summed E-state index contributed by atoms with van der Waals surface area (Å²) in [6.07, 6.45) is 4.80. The molecule has 5 heteroatoms. The van der Waals surface area contributed by atoms with Gasteiger partial charge in [0, 0.05) is 15.0 Å². The number of anilines is 1. The number of rotatable bonds is 3. The maximum absolute atomic E-state index is 5.57. The molecule has 1 aliphatic carbocycles. The van der Waals surface area contributed by atoms with Crippen molar-refractivity contribution < 1.29 is 0 Å². The Kier molecular flexibility index (Phi) is 4.85. The lowest BCUT2D eigenvalue weighted by molar-refractivity contribution is 0.417. The van der Waals surface area contributed by atoms with E-state index in [9.17, 15) is 0 Å². The van der Waals surface area contributed by atoms with E-state index in [1.165, 1.54) is 23.3 Å². The van der Waals surface area contributed by atoms with Crippen LogP contribution in [0.1, 0.15) is 36.1 Å². The second-order valence-electron chi connectivity index (χ2n) is 5.81. The Hall–Kier alpha value is -0.910. The first-order chi connectivity index (χ1) is 10.6. The zero-order valence-electron chi connectivity index (χ0n) is 12.5. The number of thiophene rings is 1. The maximum atomic E-state index is 5.57. The van der Waals surface area contributed by atoms with Crippen LogP contribution in [0.2, 0.25) is 0 Å². The number of nitrogens with one attached hydrogen (secondary N) is 2. The number of thiocarbonyl (C=S) groups is 1. The van der Waals surface area contributed by atoms with Crippen molar-refractivity contribution in [3.05, 3.63) is 50.6 Å². The van der Waals surface area contributed by atoms with Crippen LogP contribution in [0, 0.1) is 6.92 Å². The third kappa shape index (κ3) is 3.36. The molecule has 0 radical (unpaired) electrons. The maximum Gasteiger partial charge on any atom is 0.171 e. The van der Waals surface area contributed by atoms with Crippen molar-refractivity contribution in [2.24, 2.45) is 0 Å². The van der Waals surface area contributed by atoms with Crippen LogP contribution in [-0.4, -0.2) is 5.11 Å². The molecule has 0 aliphatic heterocycles. The third-order valence-corrected chi connectivity index (χ3v) is 6.39. The van der Waals surface area contributed by atoms with E-state index in [0.29, 0.717) is 5.11 Å². The minimum atomic E-state index is 0.0165. The van der Waals surface area contributed by atoms with Crippen LogP contribution >= 0.6 is 39.5 Å². The van der Waals surface area contributed by atoms with Crippen molar-refractivity contribution in [3.63, 3.8) is 0 Å². The smallest absolute Gasteiger partial charge is 0.171 e. The fourth-order valence-corrected chi connectivity index (χ4v) is 4.57. The van der Waals surface area contributed by atoms with E-state index in [2.05, 4.69) is 57.1 Å². The largest absolute Gasteiger partial charge is 0.352 e. The van der Waals surface area contributed by atoms with Crippen LogP contribution in [0.3, 0.4) is 0 Å². The van der Waals surface area contributed by atoms with Crippen LogP contribution in [0.4, 0.5) is 5.69 Å². The van der Waals surface area contributed by atoms with Gasteiger partial charge < -0.3 is 10.6 Å². The lowest BCUT2D eigenvalue weighted by atomic mass is 9.96. The van der Waals surface area contributed by atoms with Gasteiger partial charge in [-0.1, -0.05) is 34.8 Å².